The Morgan fingerprint density at radius 1 is 1.12 bits per heavy atom. The van der Waals surface area contributed by atoms with Crippen LogP contribution in [0.1, 0.15) is 58.8 Å². The van der Waals surface area contributed by atoms with Gasteiger partial charge in [-0.05, 0) is 56.3 Å². The van der Waals surface area contributed by atoms with E-state index in [-0.39, 0.29) is 6.10 Å². The molecule has 0 spiro atoms. The molecule has 3 aliphatic carbocycles. The minimum Gasteiger partial charge on any atom is -0.393 e. The van der Waals surface area contributed by atoms with Gasteiger partial charge in [-0.3, -0.25) is 4.90 Å². The fraction of sp³-hybridized carbons (Fsp3) is 1.00. The van der Waals surface area contributed by atoms with E-state index in [0.717, 1.165) is 24.8 Å². The molecule has 98 valence electrons. The van der Waals surface area contributed by atoms with Crippen molar-refractivity contribution in [2.24, 2.45) is 11.3 Å². The second kappa shape index (κ2) is 4.24. The van der Waals surface area contributed by atoms with E-state index in [1.165, 1.54) is 38.6 Å². The Morgan fingerprint density at radius 3 is 2.41 bits per heavy atom. The smallest absolute Gasteiger partial charge is 0.0555 e. The van der Waals surface area contributed by atoms with Crippen LogP contribution in [0.15, 0.2) is 0 Å². The van der Waals surface area contributed by atoms with Crippen LogP contribution in [0, 0.1) is 11.3 Å². The van der Waals surface area contributed by atoms with E-state index < -0.39 is 0 Å². The topological polar surface area (TPSA) is 23.5 Å². The first-order chi connectivity index (χ1) is 8.06. The van der Waals surface area contributed by atoms with Crippen molar-refractivity contribution in [1.82, 2.24) is 4.90 Å². The van der Waals surface area contributed by atoms with Crippen molar-refractivity contribution in [3.63, 3.8) is 0 Å². The van der Waals surface area contributed by atoms with Gasteiger partial charge >= 0.3 is 0 Å². The lowest BCUT2D eigenvalue weighted by Crippen LogP contribution is -2.51. The molecule has 0 amide bonds. The summed E-state index contributed by atoms with van der Waals surface area (Å²) in [5, 5.41) is 9.99. The van der Waals surface area contributed by atoms with Gasteiger partial charge in [0, 0.05) is 18.6 Å². The predicted octanol–water partition coefficient (Wildman–Crippen LogP) is 2.80. The van der Waals surface area contributed by atoms with Crippen LogP contribution in [0.2, 0.25) is 0 Å². The van der Waals surface area contributed by atoms with Gasteiger partial charge in [-0.2, -0.15) is 0 Å². The number of hydrogen-bond donors (Lipinski definition) is 1. The zero-order valence-corrected chi connectivity index (χ0v) is 11.4. The summed E-state index contributed by atoms with van der Waals surface area (Å²) in [5.74, 6) is 0.977. The van der Waals surface area contributed by atoms with Gasteiger partial charge in [0.25, 0.3) is 0 Å². The van der Waals surface area contributed by atoms with E-state index in [4.69, 9.17) is 0 Å². The number of aliphatic hydroxyl groups is 1. The molecule has 3 fully saturated rings. The molecule has 0 radical (unpaired) electrons. The van der Waals surface area contributed by atoms with E-state index in [1.807, 2.05) is 0 Å². The van der Waals surface area contributed by atoms with E-state index in [9.17, 15) is 5.11 Å². The van der Waals surface area contributed by atoms with Gasteiger partial charge in [-0.1, -0.05) is 13.8 Å². The first-order valence-electron chi connectivity index (χ1n) is 7.50. The summed E-state index contributed by atoms with van der Waals surface area (Å²) < 4.78 is 0. The maximum absolute atomic E-state index is 9.99. The zero-order valence-electron chi connectivity index (χ0n) is 11.4. The number of rotatable bonds is 4. The first kappa shape index (κ1) is 12.0. The number of hydrogen-bond acceptors (Lipinski definition) is 2. The van der Waals surface area contributed by atoms with Crippen LogP contribution >= 0.6 is 0 Å². The highest BCUT2D eigenvalue weighted by Gasteiger charge is 2.45. The molecule has 0 aromatic rings. The molecule has 2 atom stereocenters. The maximum Gasteiger partial charge on any atom is 0.0555 e. The predicted molar refractivity (Wildman–Crippen MR) is 69.9 cm³/mol. The summed E-state index contributed by atoms with van der Waals surface area (Å²) in [6.07, 6.45) is 8.84. The van der Waals surface area contributed by atoms with Gasteiger partial charge in [0.2, 0.25) is 0 Å². The summed E-state index contributed by atoms with van der Waals surface area (Å²) >= 11 is 0. The summed E-state index contributed by atoms with van der Waals surface area (Å²) in [7, 11) is 0. The van der Waals surface area contributed by atoms with Crippen molar-refractivity contribution >= 4 is 0 Å². The Kier molecular flexibility index (Phi) is 2.99. The van der Waals surface area contributed by atoms with Crippen LogP contribution in [0.5, 0.6) is 0 Å². The highest BCUT2D eigenvalue weighted by atomic mass is 16.3. The average Bonchev–Trinajstić information content (AvgIpc) is 3.12. The minimum absolute atomic E-state index is 0.0477. The van der Waals surface area contributed by atoms with Crippen LogP contribution in [0.4, 0.5) is 0 Å². The Bertz CT molecular complexity index is 281. The summed E-state index contributed by atoms with van der Waals surface area (Å²) in [6, 6.07) is 1.48. The molecule has 2 heteroatoms. The lowest BCUT2D eigenvalue weighted by Gasteiger charge is -2.47. The van der Waals surface area contributed by atoms with Gasteiger partial charge in [0.1, 0.15) is 0 Å². The Labute approximate surface area is 105 Å². The monoisotopic (exact) mass is 237 g/mol. The number of nitrogens with zero attached hydrogens (tertiary/aromatic N) is 1. The molecule has 0 bridgehead atoms. The largest absolute Gasteiger partial charge is 0.393 e. The van der Waals surface area contributed by atoms with Crippen LogP contribution in [-0.2, 0) is 0 Å². The van der Waals surface area contributed by atoms with E-state index in [0.29, 0.717) is 11.5 Å². The summed E-state index contributed by atoms with van der Waals surface area (Å²) in [4.78, 5) is 2.78. The molecule has 0 aliphatic heterocycles. The molecular formula is C15H27NO. The van der Waals surface area contributed by atoms with E-state index in [1.54, 1.807) is 0 Å². The third kappa shape index (κ3) is 2.68. The Morgan fingerprint density at radius 2 is 1.82 bits per heavy atom. The molecule has 0 saturated heterocycles. The molecule has 0 aromatic heterocycles. The van der Waals surface area contributed by atoms with Gasteiger partial charge in [-0.15, -0.1) is 0 Å². The van der Waals surface area contributed by atoms with Gasteiger partial charge < -0.3 is 5.11 Å². The molecule has 1 N–H and O–H groups in total. The van der Waals surface area contributed by atoms with Crippen LogP contribution in [-0.4, -0.2) is 34.7 Å². The summed E-state index contributed by atoms with van der Waals surface area (Å²) in [5.41, 5.74) is 0.400. The average molecular weight is 237 g/mol. The lowest BCUT2D eigenvalue weighted by atomic mass is 9.71. The molecule has 2 unspecified atom stereocenters. The molecule has 2 nitrogen and oxygen atoms in total. The first-order valence-corrected chi connectivity index (χ1v) is 7.50. The fourth-order valence-corrected chi connectivity index (χ4v) is 3.52. The third-order valence-electron chi connectivity index (χ3n) is 5.10. The minimum atomic E-state index is -0.0477. The molecule has 3 aliphatic rings. The van der Waals surface area contributed by atoms with Gasteiger partial charge in [0.15, 0.2) is 0 Å². The normalized spacial score (nSPS) is 37.4. The fourth-order valence-electron chi connectivity index (χ4n) is 3.52. The molecule has 0 aromatic carbocycles. The van der Waals surface area contributed by atoms with Gasteiger partial charge in [0.05, 0.1) is 6.10 Å². The highest BCUT2D eigenvalue weighted by Crippen LogP contribution is 2.44. The Hall–Kier alpha value is -0.0800. The summed E-state index contributed by atoms with van der Waals surface area (Å²) in [6.45, 7) is 6.13. The molecule has 3 saturated carbocycles. The lowest BCUT2D eigenvalue weighted by molar-refractivity contribution is -0.0171. The third-order valence-corrected chi connectivity index (χ3v) is 5.10. The van der Waals surface area contributed by atoms with Crippen molar-refractivity contribution in [2.45, 2.75) is 77.0 Å². The van der Waals surface area contributed by atoms with E-state index in [2.05, 4.69) is 18.7 Å². The second-order valence-corrected chi connectivity index (χ2v) is 7.30. The van der Waals surface area contributed by atoms with Crippen molar-refractivity contribution < 1.29 is 5.11 Å². The van der Waals surface area contributed by atoms with E-state index >= 15 is 0 Å². The zero-order chi connectivity index (χ0) is 12.0. The molecular weight excluding hydrogens is 210 g/mol. The quantitative estimate of drug-likeness (QED) is 0.812. The molecule has 17 heavy (non-hydrogen) atoms. The van der Waals surface area contributed by atoms with Crippen molar-refractivity contribution in [3.05, 3.63) is 0 Å². The highest BCUT2D eigenvalue weighted by molar-refractivity contribution is 4.99. The SMILES string of the molecule is CC1(C)CCC(O)CC1N(CC1CC1)C1CC1. The van der Waals surface area contributed by atoms with Crippen LogP contribution in [0.3, 0.4) is 0 Å². The van der Waals surface area contributed by atoms with Crippen LogP contribution in [0.25, 0.3) is 0 Å². The molecule has 3 rings (SSSR count). The van der Waals surface area contributed by atoms with Crippen molar-refractivity contribution in [3.8, 4) is 0 Å². The maximum atomic E-state index is 9.99. The van der Waals surface area contributed by atoms with Crippen molar-refractivity contribution in [2.75, 3.05) is 6.54 Å². The number of aliphatic hydroxyl groups excluding tert-OH is 1. The van der Waals surface area contributed by atoms with Crippen molar-refractivity contribution in [1.29, 1.82) is 0 Å². The van der Waals surface area contributed by atoms with Crippen LogP contribution < -0.4 is 0 Å². The standard InChI is InChI=1S/C15H27NO/c1-15(2)8-7-13(17)9-14(15)16(12-5-6-12)10-11-3-4-11/h11-14,17H,3-10H2,1-2H3. The molecule has 0 heterocycles. The Balaban J connectivity index is 1.72. The second-order valence-electron chi connectivity index (χ2n) is 7.30. The van der Waals surface area contributed by atoms with Gasteiger partial charge in [-0.25, -0.2) is 0 Å².